The quantitative estimate of drug-likeness (QED) is 0.601. The van der Waals surface area contributed by atoms with E-state index in [1.807, 2.05) is 0 Å². The molecule has 0 aromatic rings. The van der Waals surface area contributed by atoms with Crippen molar-refractivity contribution in [1.29, 1.82) is 0 Å². The fraction of sp³-hybridized carbons (Fsp3) is 0.688. The molecule has 0 spiro atoms. The van der Waals surface area contributed by atoms with E-state index in [1.165, 1.54) is 5.57 Å². The SMILES string of the molecule is C/C1=C/CCC/C(C=O)=C\[C@H]2[C@@H](CC1)[C@@]2(C)CO. The van der Waals surface area contributed by atoms with Gasteiger partial charge in [0.05, 0.1) is 0 Å². The summed E-state index contributed by atoms with van der Waals surface area (Å²) in [5.74, 6) is 0.937. The molecular weight excluding hydrogens is 224 g/mol. The molecule has 0 aliphatic heterocycles. The fourth-order valence-corrected chi connectivity index (χ4v) is 3.29. The van der Waals surface area contributed by atoms with Gasteiger partial charge in [0.2, 0.25) is 0 Å². The van der Waals surface area contributed by atoms with Gasteiger partial charge in [0.15, 0.2) is 0 Å². The van der Waals surface area contributed by atoms with Crippen LogP contribution in [0.4, 0.5) is 0 Å². The second-order valence-electron chi connectivity index (χ2n) is 6.14. The molecule has 1 fully saturated rings. The van der Waals surface area contributed by atoms with Crippen LogP contribution in [-0.2, 0) is 4.79 Å². The molecule has 0 bridgehead atoms. The molecule has 1 N–H and O–H groups in total. The lowest BCUT2D eigenvalue weighted by Crippen LogP contribution is -2.06. The van der Waals surface area contributed by atoms with Crippen LogP contribution in [0.2, 0.25) is 0 Å². The van der Waals surface area contributed by atoms with Gasteiger partial charge in [-0.05, 0) is 56.4 Å². The summed E-state index contributed by atoms with van der Waals surface area (Å²) in [7, 11) is 0. The normalized spacial score (nSPS) is 42.6. The van der Waals surface area contributed by atoms with Gasteiger partial charge in [-0.1, -0.05) is 24.6 Å². The lowest BCUT2D eigenvalue weighted by atomic mass is 10.0. The smallest absolute Gasteiger partial charge is 0.145 e. The Labute approximate surface area is 110 Å². The highest BCUT2D eigenvalue weighted by Gasteiger charge is 2.58. The molecule has 100 valence electrons. The minimum Gasteiger partial charge on any atom is -0.396 e. The molecule has 0 heterocycles. The van der Waals surface area contributed by atoms with Gasteiger partial charge in [0.1, 0.15) is 6.29 Å². The summed E-state index contributed by atoms with van der Waals surface area (Å²) in [5, 5.41) is 9.57. The maximum atomic E-state index is 11.1. The van der Waals surface area contributed by atoms with Crippen LogP contribution in [0, 0.1) is 17.3 Å². The number of carbonyl (C=O) groups is 1. The summed E-state index contributed by atoms with van der Waals surface area (Å²) in [5.41, 5.74) is 2.39. The molecular formula is C16H24O2. The van der Waals surface area contributed by atoms with Gasteiger partial charge >= 0.3 is 0 Å². The molecule has 0 radical (unpaired) electrons. The maximum Gasteiger partial charge on any atom is 0.145 e. The van der Waals surface area contributed by atoms with Gasteiger partial charge in [-0.2, -0.15) is 0 Å². The monoisotopic (exact) mass is 248 g/mol. The molecule has 2 heteroatoms. The van der Waals surface area contributed by atoms with Crippen molar-refractivity contribution in [1.82, 2.24) is 0 Å². The molecule has 3 atom stereocenters. The van der Waals surface area contributed by atoms with Crippen molar-refractivity contribution in [2.24, 2.45) is 17.3 Å². The Morgan fingerprint density at radius 3 is 2.94 bits per heavy atom. The molecule has 0 saturated heterocycles. The van der Waals surface area contributed by atoms with E-state index in [0.717, 1.165) is 44.0 Å². The second kappa shape index (κ2) is 5.40. The number of aliphatic hydroxyl groups is 1. The van der Waals surface area contributed by atoms with Crippen LogP contribution >= 0.6 is 0 Å². The van der Waals surface area contributed by atoms with Crippen LogP contribution in [0.15, 0.2) is 23.3 Å². The zero-order chi connectivity index (χ0) is 13.2. The molecule has 2 aliphatic rings. The predicted octanol–water partition coefficient (Wildman–Crippen LogP) is 3.27. The van der Waals surface area contributed by atoms with Crippen molar-refractivity contribution in [3.8, 4) is 0 Å². The molecule has 18 heavy (non-hydrogen) atoms. The fourth-order valence-electron chi connectivity index (χ4n) is 3.29. The summed E-state index contributed by atoms with van der Waals surface area (Å²) < 4.78 is 0. The van der Waals surface area contributed by atoms with E-state index < -0.39 is 0 Å². The number of aldehydes is 1. The first kappa shape index (κ1) is 13.5. The highest BCUT2D eigenvalue weighted by molar-refractivity contribution is 5.73. The largest absolute Gasteiger partial charge is 0.396 e. The summed E-state index contributed by atoms with van der Waals surface area (Å²) in [4.78, 5) is 11.1. The van der Waals surface area contributed by atoms with Gasteiger partial charge in [0.25, 0.3) is 0 Å². The molecule has 0 aromatic carbocycles. The van der Waals surface area contributed by atoms with Crippen LogP contribution in [0.1, 0.15) is 46.0 Å². The van der Waals surface area contributed by atoms with Crippen LogP contribution < -0.4 is 0 Å². The third kappa shape index (κ3) is 2.59. The summed E-state index contributed by atoms with van der Waals surface area (Å²) in [6.07, 6.45) is 10.7. The Morgan fingerprint density at radius 1 is 1.50 bits per heavy atom. The van der Waals surface area contributed by atoms with E-state index >= 15 is 0 Å². The van der Waals surface area contributed by atoms with Crippen molar-refractivity contribution in [3.63, 3.8) is 0 Å². The third-order valence-corrected chi connectivity index (χ3v) is 4.83. The minimum atomic E-state index is 0.00768. The second-order valence-corrected chi connectivity index (χ2v) is 6.14. The standard InChI is InChI=1S/C16H24O2/c1-12-5-3-4-6-13(10-17)9-15-14(8-7-12)16(15,2)11-18/h5,9-10,14-15,18H,3-4,6-8,11H2,1-2H3/b12-5-,13-9+/t14-,15+,16-/m1/s1. The number of aliphatic hydroxyl groups excluding tert-OH is 1. The zero-order valence-corrected chi connectivity index (χ0v) is 11.5. The molecule has 0 unspecified atom stereocenters. The van der Waals surface area contributed by atoms with E-state index in [9.17, 15) is 9.90 Å². The Hall–Kier alpha value is -0.890. The first-order chi connectivity index (χ1) is 8.61. The first-order valence-corrected chi connectivity index (χ1v) is 7.04. The van der Waals surface area contributed by atoms with E-state index in [0.29, 0.717) is 11.8 Å². The zero-order valence-electron chi connectivity index (χ0n) is 11.5. The number of fused-ring (bicyclic) bond motifs is 1. The molecule has 2 nitrogen and oxygen atoms in total. The van der Waals surface area contributed by atoms with Crippen LogP contribution in [0.5, 0.6) is 0 Å². The predicted molar refractivity (Wildman–Crippen MR) is 73.2 cm³/mol. The molecule has 2 rings (SSSR count). The summed E-state index contributed by atoms with van der Waals surface area (Å²) in [6.45, 7) is 4.57. The average molecular weight is 248 g/mol. The van der Waals surface area contributed by atoms with Gasteiger partial charge in [-0.15, -0.1) is 0 Å². The van der Waals surface area contributed by atoms with Gasteiger partial charge in [-0.3, -0.25) is 4.79 Å². The molecule has 0 aromatic heterocycles. The van der Waals surface area contributed by atoms with Gasteiger partial charge < -0.3 is 5.11 Å². The van der Waals surface area contributed by atoms with Crippen molar-refractivity contribution in [2.75, 3.05) is 6.61 Å². The first-order valence-electron chi connectivity index (χ1n) is 7.04. The summed E-state index contributed by atoms with van der Waals surface area (Å²) >= 11 is 0. The lowest BCUT2D eigenvalue weighted by Gasteiger charge is -2.07. The van der Waals surface area contributed by atoms with Crippen LogP contribution in [0.3, 0.4) is 0 Å². The van der Waals surface area contributed by atoms with Crippen molar-refractivity contribution in [2.45, 2.75) is 46.0 Å². The molecule has 2 aliphatic carbocycles. The number of hydrogen-bond donors (Lipinski definition) is 1. The minimum absolute atomic E-state index is 0.00768. The molecule has 0 amide bonds. The molecule has 1 saturated carbocycles. The van der Waals surface area contributed by atoms with Crippen LogP contribution in [0.25, 0.3) is 0 Å². The maximum absolute atomic E-state index is 11.1. The van der Waals surface area contributed by atoms with Crippen molar-refractivity contribution < 1.29 is 9.90 Å². The highest BCUT2D eigenvalue weighted by Crippen LogP contribution is 2.61. The number of allylic oxidation sites excluding steroid dienone is 4. The Kier molecular flexibility index (Phi) is 4.06. The average Bonchev–Trinajstić information content (AvgIpc) is 2.95. The Bertz CT molecular complexity index is 381. The van der Waals surface area contributed by atoms with Crippen LogP contribution in [-0.4, -0.2) is 18.0 Å². The highest BCUT2D eigenvalue weighted by atomic mass is 16.3. The topological polar surface area (TPSA) is 37.3 Å². The Balaban J connectivity index is 2.17. The van der Waals surface area contributed by atoms with E-state index in [4.69, 9.17) is 0 Å². The van der Waals surface area contributed by atoms with Gasteiger partial charge in [-0.25, -0.2) is 0 Å². The van der Waals surface area contributed by atoms with E-state index in [2.05, 4.69) is 26.0 Å². The summed E-state index contributed by atoms with van der Waals surface area (Å²) in [6, 6.07) is 0. The van der Waals surface area contributed by atoms with Crippen molar-refractivity contribution in [3.05, 3.63) is 23.3 Å². The third-order valence-electron chi connectivity index (χ3n) is 4.83. The Morgan fingerprint density at radius 2 is 2.28 bits per heavy atom. The lowest BCUT2D eigenvalue weighted by molar-refractivity contribution is -0.105. The number of carbonyl (C=O) groups excluding carboxylic acids is 1. The van der Waals surface area contributed by atoms with Gasteiger partial charge in [0, 0.05) is 12.0 Å². The number of rotatable bonds is 2. The number of hydrogen-bond acceptors (Lipinski definition) is 2. The van der Waals surface area contributed by atoms with E-state index in [1.54, 1.807) is 0 Å². The van der Waals surface area contributed by atoms with E-state index in [-0.39, 0.29) is 12.0 Å². The van der Waals surface area contributed by atoms with Crippen molar-refractivity contribution >= 4 is 6.29 Å².